The number of alkyl halides is 3. The molecule has 140 valence electrons. The summed E-state index contributed by atoms with van der Waals surface area (Å²) in [5, 5.41) is 2.20. The van der Waals surface area contributed by atoms with Crippen LogP contribution >= 0.6 is 23.4 Å². The number of H-pyrrole nitrogens is 1. The van der Waals surface area contributed by atoms with E-state index < -0.39 is 22.7 Å². The summed E-state index contributed by atoms with van der Waals surface area (Å²) in [6, 6.07) is 4.51. The van der Waals surface area contributed by atoms with E-state index in [9.17, 15) is 22.8 Å². The number of amides is 1. The maximum Gasteiger partial charge on any atom is 0.417 e. The molecule has 0 fully saturated rings. The molecule has 0 bridgehead atoms. The van der Waals surface area contributed by atoms with E-state index in [1.54, 1.807) is 0 Å². The normalized spacial score (nSPS) is 11.4. The zero-order chi connectivity index (χ0) is 19.3. The Balaban J connectivity index is 2.03. The third-order valence-corrected chi connectivity index (χ3v) is 4.38. The lowest BCUT2D eigenvalue weighted by molar-refractivity contribution is -0.137. The van der Waals surface area contributed by atoms with Crippen LogP contribution in [0.15, 0.2) is 34.2 Å². The standard InChI is InChI=1S/C16H15ClF3N3O2S/c1-2-3-9-7-13(24)23-15(22-9)26-8-14(25)21-10-4-5-12(17)11(6-10)16(18,19)20/h4-7H,2-3,8H2,1H3,(H,21,25)(H,22,23,24). The molecule has 2 rings (SSSR count). The number of thioether (sulfide) groups is 1. The number of hydrogen-bond donors (Lipinski definition) is 2. The molecule has 0 spiro atoms. The molecule has 0 saturated heterocycles. The van der Waals surface area contributed by atoms with Crippen LogP contribution in [0.1, 0.15) is 24.6 Å². The Bertz CT molecular complexity index is 855. The van der Waals surface area contributed by atoms with Gasteiger partial charge in [-0.15, -0.1) is 0 Å². The predicted octanol–water partition coefficient (Wildman–Crippen LogP) is 4.13. The SMILES string of the molecule is CCCc1cc(=O)[nH]c(SCC(=O)Nc2ccc(Cl)c(C(F)(F)F)c2)n1. The van der Waals surface area contributed by atoms with E-state index in [0.717, 1.165) is 30.3 Å². The topological polar surface area (TPSA) is 74.8 Å². The van der Waals surface area contributed by atoms with Crippen molar-refractivity contribution in [1.29, 1.82) is 0 Å². The fourth-order valence-electron chi connectivity index (χ4n) is 2.09. The third kappa shape index (κ3) is 5.77. The zero-order valence-electron chi connectivity index (χ0n) is 13.6. The van der Waals surface area contributed by atoms with E-state index in [1.165, 1.54) is 12.1 Å². The first kappa shape index (κ1) is 20.3. The molecule has 0 radical (unpaired) electrons. The van der Waals surface area contributed by atoms with Crippen LogP contribution in [0.2, 0.25) is 5.02 Å². The van der Waals surface area contributed by atoms with E-state index in [1.807, 2.05) is 6.92 Å². The molecular weight excluding hydrogens is 391 g/mol. The van der Waals surface area contributed by atoms with Crippen LogP contribution in [0, 0.1) is 0 Å². The lowest BCUT2D eigenvalue weighted by Crippen LogP contribution is -2.16. The lowest BCUT2D eigenvalue weighted by Gasteiger charge is -2.11. The molecule has 0 saturated carbocycles. The second-order valence-corrected chi connectivity index (χ2v) is 6.69. The highest BCUT2D eigenvalue weighted by molar-refractivity contribution is 7.99. The summed E-state index contributed by atoms with van der Waals surface area (Å²) in [5.41, 5.74) is -0.748. The molecule has 0 atom stereocenters. The van der Waals surface area contributed by atoms with Crippen molar-refractivity contribution in [2.45, 2.75) is 31.1 Å². The van der Waals surface area contributed by atoms with Crippen molar-refractivity contribution in [3.05, 3.63) is 50.9 Å². The summed E-state index contributed by atoms with van der Waals surface area (Å²) >= 11 is 6.52. The molecule has 5 nitrogen and oxygen atoms in total. The Labute approximate surface area is 156 Å². The van der Waals surface area contributed by atoms with Crippen LogP contribution in [0.4, 0.5) is 18.9 Å². The summed E-state index contributed by atoms with van der Waals surface area (Å²) in [6.07, 6.45) is -3.16. The van der Waals surface area contributed by atoms with E-state index in [4.69, 9.17) is 11.6 Å². The average molecular weight is 406 g/mol. The number of benzene rings is 1. The number of carbonyl (C=O) groups is 1. The van der Waals surface area contributed by atoms with Crippen LogP contribution in [-0.2, 0) is 17.4 Å². The molecular formula is C16H15ClF3N3O2S. The number of anilines is 1. The first-order chi connectivity index (χ1) is 12.2. The van der Waals surface area contributed by atoms with Gasteiger partial charge in [-0.1, -0.05) is 36.7 Å². The number of aromatic amines is 1. The minimum atomic E-state index is -4.62. The zero-order valence-corrected chi connectivity index (χ0v) is 15.2. The molecule has 0 aliphatic heterocycles. The summed E-state index contributed by atoms with van der Waals surface area (Å²) < 4.78 is 38.5. The number of carbonyl (C=O) groups excluding carboxylic acids is 1. The Morgan fingerprint density at radius 3 is 2.73 bits per heavy atom. The minimum Gasteiger partial charge on any atom is -0.325 e. The largest absolute Gasteiger partial charge is 0.417 e. The molecule has 2 N–H and O–H groups in total. The Morgan fingerprint density at radius 1 is 1.35 bits per heavy atom. The van der Waals surface area contributed by atoms with Crippen LogP contribution < -0.4 is 10.9 Å². The first-order valence-corrected chi connectivity index (χ1v) is 8.95. The first-order valence-electron chi connectivity index (χ1n) is 7.58. The maximum atomic E-state index is 12.8. The molecule has 1 aromatic heterocycles. The van der Waals surface area contributed by atoms with Crippen molar-refractivity contribution in [1.82, 2.24) is 9.97 Å². The number of nitrogens with one attached hydrogen (secondary N) is 2. The summed E-state index contributed by atoms with van der Waals surface area (Å²) in [7, 11) is 0. The van der Waals surface area contributed by atoms with Crippen molar-refractivity contribution in [3.63, 3.8) is 0 Å². The molecule has 1 heterocycles. The van der Waals surface area contributed by atoms with Gasteiger partial charge in [0.2, 0.25) is 5.91 Å². The highest BCUT2D eigenvalue weighted by atomic mass is 35.5. The van der Waals surface area contributed by atoms with Gasteiger partial charge in [-0.05, 0) is 24.6 Å². The van der Waals surface area contributed by atoms with E-state index in [0.29, 0.717) is 12.1 Å². The van der Waals surface area contributed by atoms with Crippen LogP contribution in [0.3, 0.4) is 0 Å². The number of aryl methyl sites for hydroxylation is 1. The van der Waals surface area contributed by atoms with Gasteiger partial charge < -0.3 is 10.3 Å². The van der Waals surface area contributed by atoms with Crippen molar-refractivity contribution >= 4 is 35.0 Å². The van der Waals surface area contributed by atoms with Crippen molar-refractivity contribution in [2.75, 3.05) is 11.1 Å². The van der Waals surface area contributed by atoms with Gasteiger partial charge >= 0.3 is 6.18 Å². The second kappa shape index (κ2) is 8.59. The minimum absolute atomic E-state index is 0.0199. The van der Waals surface area contributed by atoms with Crippen molar-refractivity contribution in [2.24, 2.45) is 0 Å². The van der Waals surface area contributed by atoms with Gasteiger partial charge in [-0.25, -0.2) is 4.98 Å². The van der Waals surface area contributed by atoms with Crippen LogP contribution in [-0.4, -0.2) is 21.6 Å². The van der Waals surface area contributed by atoms with Gasteiger partial charge in [-0.3, -0.25) is 9.59 Å². The Morgan fingerprint density at radius 2 is 2.08 bits per heavy atom. The Hall–Kier alpha value is -2.00. The molecule has 1 aromatic carbocycles. The summed E-state index contributed by atoms with van der Waals surface area (Å²) in [6.45, 7) is 1.95. The molecule has 0 aliphatic carbocycles. The second-order valence-electron chi connectivity index (χ2n) is 5.32. The average Bonchev–Trinajstić information content (AvgIpc) is 2.53. The number of halogens is 4. The fraction of sp³-hybridized carbons (Fsp3) is 0.312. The predicted molar refractivity (Wildman–Crippen MR) is 94.7 cm³/mol. The highest BCUT2D eigenvalue weighted by Crippen LogP contribution is 2.36. The fourth-order valence-corrected chi connectivity index (χ4v) is 3.01. The number of aromatic nitrogens is 2. The number of nitrogens with zero attached hydrogens (tertiary/aromatic N) is 1. The molecule has 26 heavy (non-hydrogen) atoms. The van der Waals surface area contributed by atoms with Crippen LogP contribution in [0.25, 0.3) is 0 Å². The van der Waals surface area contributed by atoms with E-state index in [-0.39, 0.29) is 22.2 Å². The van der Waals surface area contributed by atoms with Gasteiger partial charge in [0.25, 0.3) is 5.56 Å². The van der Waals surface area contributed by atoms with Crippen molar-refractivity contribution in [3.8, 4) is 0 Å². The lowest BCUT2D eigenvalue weighted by atomic mass is 10.2. The summed E-state index contributed by atoms with van der Waals surface area (Å²) in [4.78, 5) is 30.3. The smallest absolute Gasteiger partial charge is 0.325 e. The third-order valence-electron chi connectivity index (χ3n) is 3.17. The van der Waals surface area contributed by atoms with Gasteiger partial charge in [0, 0.05) is 17.4 Å². The van der Waals surface area contributed by atoms with Gasteiger partial charge in [0.1, 0.15) is 0 Å². The monoisotopic (exact) mass is 405 g/mol. The van der Waals surface area contributed by atoms with Gasteiger partial charge in [0.05, 0.1) is 16.3 Å². The van der Waals surface area contributed by atoms with Crippen LogP contribution in [0.5, 0.6) is 0 Å². The molecule has 2 aromatic rings. The molecule has 0 aliphatic rings. The van der Waals surface area contributed by atoms with Gasteiger partial charge in [0.15, 0.2) is 5.16 Å². The summed E-state index contributed by atoms with van der Waals surface area (Å²) in [5.74, 6) is -0.656. The number of hydrogen-bond acceptors (Lipinski definition) is 4. The Kier molecular flexibility index (Phi) is 6.71. The quantitative estimate of drug-likeness (QED) is 0.560. The molecule has 1 amide bonds. The number of rotatable bonds is 6. The van der Waals surface area contributed by atoms with Crippen molar-refractivity contribution < 1.29 is 18.0 Å². The highest BCUT2D eigenvalue weighted by Gasteiger charge is 2.33. The van der Waals surface area contributed by atoms with E-state index >= 15 is 0 Å². The van der Waals surface area contributed by atoms with E-state index in [2.05, 4.69) is 15.3 Å². The van der Waals surface area contributed by atoms with Gasteiger partial charge in [-0.2, -0.15) is 13.2 Å². The molecule has 10 heteroatoms. The molecule has 0 unspecified atom stereocenters. The maximum absolute atomic E-state index is 12.8.